The first-order chi connectivity index (χ1) is 10.3. The molecule has 1 amide bonds. The van der Waals surface area contributed by atoms with Gasteiger partial charge < -0.3 is 20.5 Å². The van der Waals surface area contributed by atoms with Crippen molar-refractivity contribution in [3.05, 3.63) is 18.2 Å². The van der Waals surface area contributed by atoms with Gasteiger partial charge in [0.1, 0.15) is 0 Å². The van der Waals surface area contributed by atoms with E-state index in [1.54, 1.807) is 0 Å². The first kappa shape index (κ1) is 15.6. The molecular weight excluding hydrogens is 268 g/mol. The molecule has 0 fully saturated rings. The molecule has 5 heteroatoms. The highest BCUT2D eigenvalue weighted by Gasteiger charge is 2.11. The van der Waals surface area contributed by atoms with Gasteiger partial charge in [-0.05, 0) is 31.5 Å². The Kier molecular flexibility index (Phi) is 6.34. The summed E-state index contributed by atoms with van der Waals surface area (Å²) in [6.07, 6.45) is 5.48. The van der Waals surface area contributed by atoms with E-state index in [2.05, 4.69) is 5.32 Å². The number of hydrogen-bond donors (Lipinski definition) is 2. The first-order valence-electron chi connectivity index (χ1n) is 7.69. The normalized spacial score (nSPS) is 13.6. The lowest BCUT2D eigenvalue weighted by Crippen LogP contribution is -2.11. The van der Waals surface area contributed by atoms with Crippen molar-refractivity contribution >= 4 is 11.6 Å². The molecule has 116 valence electrons. The minimum Gasteiger partial charge on any atom is -0.490 e. The Morgan fingerprint density at radius 3 is 2.67 bits per heavy atom. The summed E-state index contributed by atoms with van der Waals surface area (Å²) in [5.74, 6) is 1.48. The molecule has 21 heavy (non-hydrogen) atoms. The Morgan fingerprint density at radius 2 is 1.86 bits per heavy atom. The molecule has 0 aliphatic carbocycles. The van der Waals surface area contributed by atoms with E-state index in [0.717, 1.165) is 50.1 Å². The number of anilines is 1. The minimum absolute atomic E-state index is 0.0391. The molecule has 0 unspecified atom stereocenters. The predicted molar refractivity (Wildman–Crippen MR) is 82.8 cm³/mol. The molecule has 3 N–H and O–H groups in total. The molecule has 1 aromatic rings. The summed E-state index contributed by atoms with van der Waals surface area (Å²) >= 11 is 0. The van der Waals surface area contributed by atoms with Gasteiger partial charge in [0.25, 0.3) is 0 Å². The van der Waals surface area contributed by atoms with E-state index >= 15 is 0 Å². The van der Waals surface area contributed by atoms with Crippen LogP contribution in [0.4, 0.5) is 5.69 Å². The lowest BCUT2D eigenvalue weighted by atomic mass is 10.1. The third-order valence-electron chi connectivity index (χ3n) is 3.39. The number of hydrogen-bond acceptors (Lipinski definition) is 4. The van der Waals surface area contributed by atoms with Crippen molar-refractivity contribution in [1.82, 2.24) is 0 Å². The van der Waals surface area contributed by atoms with Gasteiger partial charge in [0.05, 0.1) is 13.2 Å². The molecule has 0 aromatic heterocycles. The van der Waals surface area contributed by atoms with Gasteiger partial charge in [-0.3, -0.25) is 4.79 Å². The van der Waals surface area contributed by atoms with Crippen molar-refractivity contribution in [3.8, 4) is 11.5 Å². The van der Waals surface area contributed by atoms with E-state index in [9.17, 15) is 4.79 Å². The van der Waals surface area contributed by atoms with Crippen molar-refractivity contribution < 1.29 is 14.3 Å². The molecule has 2 rings (SSSR count). The van der Waals surface area contributed by atoms with Gasteiger partial charge in [0.2, 0.25) is 5.91 Å². The van der Waals surface area contributed by atoms with E-state index in [1.165, 1.54) is 0 Å². The number of nitrogens with two attached hydrogens (primary N) is 1. The second-order valence-corrected chi connectivity index (χ2v) is 5.21. The Hall–Kier alpha value is -1.75. The summed E-state index contributed by atoms with van der Waals surface area (Å²) in [6.45, 7) is 2.04. The van der Waals surface area contributed by atoms with Crippen LogP contribution < -0.4 is 20.5 Å². The number of carbonyl (C=O) groups is 1. The monoisotopic (exact) mass is 292 g/mol. The van der Waals surface area contributed by atoms with Gasteiger partial charge in [0.15, 0.2) is 11.5 Å². The zero-order valence-electron chi connectivity index (χ0n) is 12.4. The zero-order chi connectivity index (χ0) is 14.9. The molecule has 0 spiro atoms. The summed E-state index contributed by atoms with van der Waals surface area (Å²) in [4.78, 5) is 11.9. The highest BCUT2D eigenvalue weighted by Crippen LogP contribution is 2.32. The molecule has 0 bridgehead atoms. The third kappa shape index (κ3) is 5.27. The second kappa shape index (κ2) is 8.52. The Labute approximate surface area is 125 Å². The van der Waals surface area contributed by atoms with Crippen molar-refractivity contribution in [2.75, 3.05) is 25.1 Å². The van der Waals surface area contributed by atoms with E-state index in [-0.39, 0.29) is 5.91 Å². The highest BCUT2D eigenvalue weighted by atomic mass is 16.5. The fraction of sp³-hybridized carbons (Fsp3) is 0.562. The van der Waals surface area contributed by atoms with Gasteiger partial charge in [-0.25, -0.2) is 0 Å². The summed E-state index contributed by atoms with van der Waals surface area (Å²) in [5.41, 5.74) is 6.19. The Balaban J connectivity index is 1.79. The van der Waals surface area contributed by atoms with Crippen LogP contribution in [0.3, 0.4) is 0 Å². The SMILES string of the molecule is NCCCCCCC(=O)Nc1ccc2c(c1)OCCCO2. The predicted octanol–water partition coefficient (Wildman–Crippen LogP) is 2.70. The number of rotatable bonds is 7. The van der Waals surface area contributed by atoms with Crippen molar-refractivity contribution in [2.24, 2.45) is 5.73 Å². The third-order valence-corrected chi connectivity index (χ3v) is 3.39. The van der Waals surface area contributed by atoms with Gasteiger partial charge in [0, 0.05) is 24.6 Å². The van der Waals surface area contributed by atoms with Gasteiger partial charge >= 0.3 is 0 Å². The van der Waals surface area contributed by atoms with Crippen LogP contribution in [0.5, 0.6) is 11.5 Å². The van der Waals surface area contributed by atoms with Crippen LogP contribution in [-0.4, -0.2) is 25.7 Å². The van der Waals surface area contributed by atoms with Crippen molar-refractivity contribution in [2.45, 2.75) is 38.5 Å². The van der Waals surface area contributed by atoms with Crippen LogP contribution in [0.1, 0.15) is 38.5 Å². The quantitative estimate of drug-likeness (QED) is 0.758. The number of amides is 1. The summed E-state index contributed by atoms with van der Waals surface area (Å²) in [6, 6.07) is 5.52. The molecule has 1 heterocycles. The fourth-order valence-electron chi connectivity index (χ4n) is 2.25. The standard InChI is InChI=1S/C16H24N2O3/c17-9-4-2-1-3-6-16(19)18-13-7-8-14-15(12-13)21-11-5-10-20-14/h7-8,12H,1-6,9-11,17H2,(H,18,19). The smallest absolute Gasteiger partial charge is 0.224 e. The summed E-state index contributed by atoms with van der Waals surface area (Å²) in [5, 5.41) is 2.90. The first-order valence-corrected chi connectivity index (χ1v) is 7.69. The number of carbonyl (C=O) groups excluding carboxylic acids is 1. The van der Waals surface area contributed by atoms with Crippen molar-refractivity contribution in [3.63, 3.8) is 0 Å². The van der Waals surface area contributed by atoms with Crippen LogP contribution >= 0.6 is 0 Å². The fourth-order valence-corrected chi connectivity index (χ4v) is 2.25. The van der Waals surface area contributed by atoms with E-state index in [0.29, 0.717) is 25.4 Å². The molecule has 0 radical (unpaired) electrons. The van der Waals surface area contributed by atoms with Gasteiger partial charge in [-0.2, -0.15) is 0 Å². The average molecular weight is 292 g/mol. The van der Waals surface area contributed by atoms with Crippen LogP contribution in [0.25, 0.3) is 0 Å². The topological polar surface area (TPSA) is 73.6 Å². The van der Waals surface area contributed by atoms with Crippen molar-refractivity contribution in [1.29, 1.82) is 0 Å². The zero-order valence-corrected chi connectivity index (χ0v) is 12.4. The lowest BCUT2D eigenvalue weighted by Gasteiger charge is -2.10. The second-order valence-electron chi connectivity index (χ2n) is 5.21. The van der Waals surface area contributed by atoms with Gasteiger partial charge in [-0.15, -0.1) is 0 Å². The van der Waals surface area contributed by atoms with Crippen LogP contribution in [0, 0.1) is 0 Å². The average Bonchev–Trinajstić information content (AvgIpc) is 2.72. The van der Waals surface area contributed by atoms with Crippen LogP contribution in [-0.2, 0) is 4.79 Å². The number of nitrogens with one attached hydrogen (secondary N) is 1. The lowest BCUT2D eigenvalue weighted by molar-refractivity contribution is -0.116. The maximum Gasteiger partial charge on any atom is 0.224 e. The van der Waals surface area contributed by atoms with E-state index in [1.807, 2.05) is 18.2 Å². The van der Waals surface area contributed by atoms with E-state index < -0.39 is 0 Å². The maximum atomic E-state index is 11.9. The number of fused-ring (bicyclic) bond motifs is 1. The Bertz CT molecular complexity index is 463. The maximum absolute atomic E-state index is 11.9. The molecule has 1 aliphatic rings. The van der Waals surface area contributed by atoms with Crippen LogP contribution in [0.15, 0.2) is 18.2 Å². The van der Waals surface area contributed by atoms with E-state index in [4.69, 9.17) is 15.2 Å². The largest absolute Gasteiger partial charge is 0.490 e. The molecule has 5 nitrogen and oxygen atoms in total. The van der Waals surface area contributed by atoms with Gasteiger partial charge in [-0.1, -0.05) is 12.8 Å². The number of unbranched alkanes of at least 4 members (excludes halogenated alkanes) is 3. The number of benzene rings is 1. The number of ether oxygens (including phenoxy) is 2. The minimum atomic E-state index is 0.0391. The molecule has 1 aromatic carbocycles. The molecule has 0 atom stereocenters. The Morgan fingerprint density at radius 1 is 1.10 bits per heavy atom. The molecule has 1 aliphatic heterocycles. The molecule has 0 saturated carbocycles. The highest BCUT2D eigenvalue weighted by molar-refractivity contribution is 5.91. The molecule has 0 saturated heterocycles. The van der Waals surface area contributed by atoms with Crippen LogP contribution in [0.2, 0.25) is 0 Å². The summed E-state index contributed by atoms with van der Waals surface area (Å²) in [7, 11) is 0. The summed E-state index contributed by atoms with van der Waals surface area (Å²) < 4.78 is 11.2. The molecular formula is C16H24N2O3.